The van der Waals surface area contributed by atoms with Gasteiger partial charge in [0.25, 0.3) is 0 Å². The van der Waals surface area contributed by atoms with Crippen molar-refractivity contribution in [3.63, 3.8) is 0 Å². The number of rotatable bonds is 6. The monoisotopic (exact) mass is 481 g/mol. The van der Waals surface area contributed by atoms with Crippen LogP contribution < -0.4 is 10.6 Å². The molecule has 0 aromatic carbocycles. The Morgan fingerprint density at radius 1 is 1.27 bits per heavy atom. The van der Waals surface area contributed by atoms with Crippen LogP contribution in [0.5, 0.6) is 0 Å². The lowest BCUT2D eigenvalue weighted by molar-refractivity contribution is -0.00255. The second kappa shape index (κ2) is 11.0. The molecule has 2 unspecified atom stereocenters. The molecule has 26 heavy (non-hydrogen) atoms. The predicted molar refractivity (Wildman–Crippen MR) is 121 cm³/mol. The van der Waals surface area contributed by atoms with Gasteiger partial charge in [-0.05, 0) is 53.6 Å². The van der Waals surface area contributed by atoms with Crippen molar-refractivity contribution < 1.29 is 4.74 Å². The normalized spacial score (nSPS) is 26.8. The van der Waals surface area contributed by atoms with E-state index in [2.05, 4.69) is 62.2 Å². The summed E-state index contributed by atoms with van der Waals surface area (Å²) >= 11 is 0. The van der Waals surface area contributed by atoms with Gasteiger partial charge < -0.3 is 20.3 Å². The van der Waals surface area contributed by atoms with Gasteiger partial charge >= 0.3 is 0 Å². The number of ether oxygens (including phenoxy) is 1. The first kappa shape index (κ1) is 23.9. The van der Waals surface area contributed by atoms with E-state index in [1.165, 1.54) is 0 Å². The molecule has 0 amide bonds. The van der Waals surface area contributed by atoms with Crippen LogP contribution in [0, 0.1) is 5.92 Å². The van der Waals surface area contributed by atoms with Crippen LogP contribution in [0.15, 0.2) is 4.99 Å². The molecule has 2 aliphatic heterocycles. The Bertz CT molecular complexity index is 438. The molecule has 2 N–H and O–H groups in total. The Labute approximate surface area is 177 Å². The van der Waals surface area contributed by atoms with E-state index in [9.17, 15) is 0 Å². The van der Waals surface area contributed by atoms with Gasteiger partial charge in [-0.1, -0.05) is 6.92 Å². The molecular weight excluding hydrogens is 441 g/mol. The highest BCUT2D eigenvalue weighted by Crippen LogP contribution is 2.26. The fourth-order valence-corrected chi connectivity index (χ4v) is 3.83. The van der Waals surface area contributed by atoms with E-state index in [4.69, 9.17) is 9.73 Å². The van der Waals surface area contributed by atoms with Gasteiger partial charge in [-0.3, -0.25) is 9.89 Å². The fraction of sp³-hybridized carbons (Fsp3) is 0.947. The van der Waals surface area contributed by atoms with Crippen LogP contribution in [0.4, 0.5) is 0 Å². The van der Waals surface area contributed by atoms with Gasteiger partial charge in [-0.25, -0.2) is 0 Å². The lowest BCUT2D eigenvalue weighted by Crippen LogP contribution is -2.52. The first-order valence-electron chi connectivity index (χ1n) is 9.92. The maximum Gasteiger partial charge on any atom is 0.191 e. The van der Waals surface area contributed by atoms with E-state index in [1.54, 1.807) is 0 Å². The molecule has 0 aromatic rings. The Morgan fingerprint density at radius 2 is 1.92 bits per heavy atom. The van der Waals surface area contributed by atoms with Gasteiger partial charge in [-0.2, -0.15) is 0 Å². The summed E-state index contributed by atoms with van der Waals surface area (Å²) in [5.74, 6) is 1.59. The molecular formula is C19H40IN5O. The van der Waals surface area contributed by atoms with E-state index in [0.717, 1.165) is 58.2 Å². The van der Waals surface area contributed by atoms with E-state index in [0.29, 0.717) is 18.0 Å². The van der Waals surface area contributed by atoms with Gasteiger partial charge in [0.2, 0.25) is 0 Å². The van der Waals surface area contributed by atoms with Gasteiger partial charge in [0.15, 0.2) is 5.96 Å². The topological polar surface area (TPSA) is 52.1 Å². The summed E-state index contributed by atoms with van der Waals surface area (Å²) in [5.41, 5.74) is 0.117. The average molecular weight is 481 g/mol. The van der Waals surface area contributed by atoms with Crippen LogP contribution in [-0.2, 0) is 4.74 Å². The van der Waals surface area contributed by atoms with Crippen molar-refractivity contribution in [1.82, 2.24) is 20.4 Å². The summed E-state index contributed by atoms with van der Waals surface area (Å²) in [7, 11) is 4.33. The quantitative estimate of drug-likeness (QED) is 0.346. The Hall–Kier alpha value is -0.120. The maximum absolute atomic E-state index is 5.57. The minimum absolute atomic E-state index is 0. The molecule has 0 aromatic heterocycles. The van der Waals surface area contributed by atoms with E-state index in [1.807, 2.05) is 0 Å². The van der Waals surface area contributed by atoms with Crippen LogP contribution in [0.2, 0.25) is 0 Å². The van der Waals surface area contributed by atoms with Crippen molar-refractivity contribution in [3.05, 3.63) is 0 Å². The van der Waals surface area contributed by atoms with E-state index in [-0.39, 0.29) is 29.5 Å². The van der Waals surface area contributed by atoms with Gasteiger partial charge in [-0.15, -0.1) is 24.0 Å². The molecule has 0 bridgehead atoms. The molecule has 0 aliphatic carbocycles. The van der Waals surface area contributed by atoms with Crippen LogP contribution >= 0.6 is 24.0 Å². The second-order valence-electron chi connectivity index (χ2n) is 8.20. The zero-order valence-corrected chi connectivity index (χ0v) is 19.9. The van der Waals surface area contributed by atoms with Crippen molar-refractivity contribution in [2.45, 2.75) is 58.2 Å². The third kappa shape index (κ3) is 6.21. The number of likely N-dealkylation sites (N-methyl/N-ethyl adjacent to an activating group) is 1. The number of nitrogens with one attached hydrogen (secondary N) is 2. The standard InChI is InChI=1S/C19H39N5O.HI/c1-7-20-18(22-17-13-24(15(2)3)12-16(17)4)21-14-19(23(5)6)8-10-25-11-9-19;/h15-17H,7-14H2,1-6H3,(H2,20,21,22);1H. The SMILES string of the molecule is CCNC(=NCC1(N(C)C)CCOCC1)NC1CN(C(C)C)CC1C.I. The minimum atomic E-state index is 0. The molecule has 0 saturated carbocycles. The minimum Gasteiger partial charge on any atom is -0.381 e. The van der Waals surface area contributed by atoms with Crippen molar-refractivity contribution in [3.8, 4) is 0 Å². The Morgan fingerprint density at radius 3 is 2.42 bits per heavy atom. The smallest absolute Gasteiger partial charge is 0.191 e. The van der Waals surface area contributed by atoms with Gasteiger partial charge in [0.1, 0.15) is 0 Å². The summed E-state index contributed by atoms with van der Waals surface area (Å²) in [6.07, 6.45) is 2.09. The lowest BCUT2D eigenvalue weighted by atomic mass is 9.89. The molecule has 2 fully saturated rings. The fourth-order valence-electron chi connectivity index (χ4n) is 3.83. The molecule has 2 rings (SSSR count). The summed E-state index contributed by atoms with van der Waals surface area (Å²) in [5, 5.41) is 7.14. The molecule has 2 saturated heterocycles. The Balaban J connectivity index is 0.00000338. The zero-order chi connectivity index (χ0) is 18.4. The van der Waals surface area contributed by atoms with Crippen LogP contribution in [-0.4, -0.2) is 86.9 Å². The average Bonchev–Trinajstić information content (AvgIpc) is 2.95. The molecule has 2 heterocycles. The molecule has 7 heteroatoms. The number of halogens is 1. The summed E-state index contributed by atoms with van der Waals surface area (Å²) in [6, 6.07) is 1.07. The summed E-state index contributed by atoms with van der Waals surface area (Å²) in [4.78, 5) is 9.86. The number of hydrogen-bond acceptors (Lipinski definition) is 4. The first-order chi connectivity index (χ1) is 11.9. The summed E-state index contributed by atoms with van der Waals surface area (Å²) in [6.45, 7) is 14.6. The maximum atomic E-state index is 5.57. The number of hydrogen-bond donors (Lipinski definition) is 2. The molecule has 6 nitrogen and oxygen atoms in total. The highest BCUT2D eigenvalue weighted by Gasteiger charge is 2.35. The molecule has 0 radical (unpaired) electrons. The number of aliphatic imine (C=N–C) groups is 1. The Kier molecular flexibility index (Phi) is 10.1. The molecule has 154 valence electrons. The van der Waals surface area contributed by atoms with Crippen LogP contribution in [0.1, 0.15) is 40.5 Å². The second-order valence-corrected chi connectivity index (χ2v) is 8.20. The molecule has 0 spiro atoms. The molecule has 2 aliphatic rings. The van der Waals surface area contributed by atoms with Gasteiger partial charge in [0.05, 0.1) is 6.54 Å². The predicted octanol–water partition coefficient (Wildman–Crippen LogP) is 2.00. The van der Waals surface area contributed by atoms with E-state index >= 15 is 0 Å². The van der Waals surface area contributed by atoms with Crippen LogP contribution in [0.25, 0.3) is 0 Å². The number of nitrogens with zero attached hydrogens (tertiary/aromatic N) is 3. The largest absolute Gasteiger partial charge is 0.381 e. The van der Waals surface area contributed by atoms with Crippen molar-refractivity contribution in [2.24, 2.45) is 10.9 Å². The van der Waals surface area contributed by atoms with Crippen LogP contribution in [0.3, 0.4) is 0 Å². The number of likely N-dealkylation sites (tertiary alicyclic amines) is 1. The lowest BCUT2D eigenvalue weighted by Gasteiger charge is -2.41. The third-order valence-electron chi connectivity index (χ3n) is 5.94. The highest BCUT2D eigenvalue weighted by atomic mass is 127. The van der Waals surface area contributed by atoms with Crippen molar-refractivity contribution >= 4 is 29.9 Å². The third-order valence-corrected chi connectivity index (χ3v) is 5.94. The number of guanidine groups is 1. The van der Waals surface area contributed by atoms with Crippen molar-refractivity contribution in [1.29, 1.82) is 0 Å². The zero-order valence-electron chi connectivity index (χ0n) is 17.5. The van der Waals surface area contributed by atoms with Crippen molar-refractivity contribution in [2.75, 3.05) is 53.5 Å². The van der Waals surface area contributed by atoms with E-state index < -0.39 is 0 Å². The highest BCUT2D eigenvalue weighted by molar-refractivity contribution is 14.0. The first-order valence-corrected chi connectivity index (χ1v) is 9.92. The van der Waals surface area contributed by atoms with Gasteiger partial charge in [0, 0.05) is 50.5 Å². The summed E-state index contributed by atoms with van der Waals surface area (Å²) < 4.78 is 5.57. The molecule has 2 atom stereocenters.